The third-order valence-corrected chi connectivity index (χ3v) is 10.5. The van der Waals surface area contributed by atoms with Gasteiger partial charge in [-0.2, -0.15) is 0 Å². The second-order valence-electron chi connectivity index (χ2n) is 11.0. The first kappa shape index (κ1) is 21.4. The largest absolute Gasteiger partial charge is 0.133 e. The van der Waals surface area contributed by atoms with Crippen LogP contribution in [0, 0.1) is 16.7 Å². The molecule has 0 saturated carbocycles. The van der Waals surface area contributed by atoms with Crippen LogP contribution in [0.25, 0.3) is 29.9 Å². The van der Waals surface area contributed by atoms with E-state index >= 15 is 0 Å². The summed E-state index contributed by atoms with van der Waals surface area (Å²) in [6.07, 6.45) is 15.1. The highest BCUT2D eigenvalue weighted by Gasteiger charge is 2.30. The molecule has 2 aliphatic carbocycles. The Morgan fingerprint density at radius 1 is 0.839 bits per heavy atom. The normalized spacial score (nSPS) is 20.3. The third kappa shape index (κ3) is 3.83. The zero-order chi connectivity index (χ0) is 22.0. The Labute approximate surface area is 198 Å². The Balaban J connectivity index is 1.60. The first-order valence-electron chi connectivity index (χ1n) is 11.4. The van der Waals surface area contributed by atoms with E-state index in [2.05, 4.69) is 84.1 Å². The maximum absolute atomic E-state index is 2.47. The van der Waals surface area contributed by atoms with Crippen LogP contribution in [0.1, 0.15) is 70.6 Å². The van der Waals surface area contributed by atoms with Crippen LogP contribution in [0.15, 0.2) is 48.1 Å². The van der Waals surface area contributed by atoms with Gasteiger partial charge in [-0.15, -0.1) is 34.0 Å². The molecule has 3 heteroatoms. The summed E-state index contributed by atoms with van der Waals surface area (Å²) in [7, 11) is 0. The Bertz CT molecular complexity index is 1270. The van der Waals surface area contributed by atoms with E-state index < -0.39 is 0 Å². The third-order valence-electron chi connectivity index (χ3n) is 6.59. The summed E-state index contributed by atoms with van der Waals surface area (Å²) in [4.78, 5) is 2.96. The van der Waals surface area contributed by atoms with Crippen LogP contribution in [0.5, 0.6) is 0 Å². The molecule has 162 valence electrons. The number of thiophene rings is 3. The quantitative estimate of drug-likeness (QED) is 0.354. The summed E-state index contributed by atoms with van der Waals surface area (Å²) in [6, 6.07) is 4.93. The molecule has 0 aliphatic heterocycles. The van der Waals surface area contributed by atoms with E-state index in [0.717, 1.165) is 12.8 Å². The van der Waals surface area contributed by atoms with Gasteiger partial charge in [0.15, 0.2) is 0 Å². The van der Waals surface area contributed by atoms with E-state index in [4.69, 9.17) is 0 Å². The molecule has 3 heterocycles. The van der Waals surface area contributed by atoms with Crippen molar-refractivity contribution in [2.45, 2.75) is 60.8 Å². The van der Waals surface area contributed by atoms with Crippen LogP contribution in [-0.4, -0.2) is 0 Å². The molecular weight excluding hydrogens is 433 g/mol. The Morgan fingerprint density at radius 3 is 2.19 bits per heavy atom. The molecule has 0 fully saturated rings. The van der Waals surface area contributed by atoms with E-state index in [-0.39, 0.29) is 10.8 Å². The lowest BCUT2D eigenvalue weighted by Crippen LogP contribution is -2.22. The number of fused-ring (bicyclic) bond motifs is 3. The molecule has 0 spiro atoms. The molecule has 31 heavy (non-hydrogen) atoms. The SMILES string of the molecule is CC(C)(C)C1=C(c2cc3sc4cc(C5=CC=CCC5C(C)(C)C)sc4c3s2)CCC=C1. The fraction of sp³-hybridized carbons (Fsp3) is 0.429. The van der Waals surface area contributed by atoms with Crippen molar-refractivity contribution in [3.8, 4) is 0 Å². The van der Waals surface area contributed by atoms with Gasteiger partial charge in [-0.05, 0) is 64.9 Å². The van der Waals surface area contributed by atoms with Crippen LogP contribution in [0.2, 0.25) is 0 Å². The van der Waals surface area contributed by atoms with Crippen molar-refractivity contribution in [3.63, 3.8) is 0 Å². The van der Waals surface area contributed by atoms with Crippen LogP contribution >= 0.6 is 34.0 Å². The minimum atomic E-state index is 0.192. The lowest BCUT2D eigenvalue weighted by atomic mass is 9.72. The average Bonchev–Trinajstić information content (AvgIpc) is 3.37. The van der Waals surface area contributed by atoms with E-state index in [9.17, 15) is 0 Å². The fourth-order valence-corrected chi connectivity index (χ4v) is 9.14. The molecule has 0 radical (unpaired) electrons. The van der Waals surface area contributed by atoms with Gasteiger partial charge in [0.2, 0.25) is 0 Å². The summed E-state index contributed by atoms with van der Waals surface area (Å²) >= 11 is 6.02. The van der Waals surface area contributed by atoms with Gasteiger partial charge in [0, 0.05) is 19.2 Å². The predicted octanol–water partition coefficient (Wildman–Crippen LogP) is 10.3. The minimum absolute atomic E-state index is 0.192. The zero-order valence-corrected chi connectivity index (χ0v) is 21.9. The topological polar surface area (TPSA) is 0 Å². The van der Waals surface area contributed by atoms with Gasteiger partial charge in [-0.3, -0.25) is 0 Å². The standard InChI is InChI=1S/C28H32S3/c1-27(2,3)19-13-9-7-11-17(19)21-15-23-25(30-21)26-24(29-23)16-22(31-26)18-12-8-10-14-20(18)28(4,5)6/h7,9-11,14-16,19H,8,12-13H2,1-6H3. The monoisotopic (exact) mass is 464 g/mol. The van der Waals surface area contributed by atoms with Gasteiger partial charge >= 0.3 is 0 Å². The first-order valence-corrected chi connectivity index (χ1v) is 13.8. The van der Waals surface area contributed by atoms with Crippen molar-refractivity contribution in [2.75, 3.05) is 0 Å². The van der Waals surface area contributed by atoms with Crippen molar-refractivity contribution in [1.82, 2.24) is 0 Å². The highest BCUT2D eigenvalue weighted by atomic mass is 32.1. The van der Waals surface area contributed by atoms with Crippen LogP contribution < -0.4 is 0 Å². The zero-order valence-electron chi connectivity index (χ0n) is 19.5. The van der Waals surface area contributed by atoms with E-state index in [0.29, 0.717) is 5.92 Å². The number of hydrogen-bond acceptors (Lipinski definition) is 3. The number of rotatable bonds is 2. The van der Waals surface area contributed by atoms with E-state index in [1.807, 2.05) is 34.0 Å². The average molecular weight is 465 g/mol. The molecule has 2 aliphatic rings. The molecule has 0 amide bonds. The second-order valence-corrected chi connectivity index (χ2v) is 14.2. The van der Waals surface area contributed by atoms with Gasteiger partial charge in [0.25, 0.3) is 0 Å². The summed E-state index contributed by atoms with van der Waals surface area (Å²) in [5.74, 6) is 0.591. The van der Waals surface area contributed by atoms with Crippen molar-refractivity contribution in [3.05, 3.63) is 57.8 Å². The van der Waals surface area contributed by atoms with Gasteiger partial charge in [0.05, 0.1) is 9.40 Å². The highest BCUT2D eigenvalue weighted by Crippen LogP contribution is 2.51. The maximum Gasteiger partial charge on any atom is 0.0636 e. The van der Waals surface area contributed by atoms with E-state index in [1.54, 1.807) is 5.57 Å². The van der Waals surface area contributed by atoms with Crippen LogP contribution in [-0.2, 0) is 0 Å². The molecule has 3 aromatic rings. The molecular formula is C28H32S3. The van der Waals surface area contributed by atoms with Crippen molar-refractivity contribution in [2.24, 2.45) is 16.7 Å². The van der Waals surface area contributed by atoms with E-state index in [1.165, 1.54) is 46.1 Å². The minimum Gasteiger partial charge on any atom is -0.133 e. The molecule has 0 N–H and O–H groups in total. The molecule has 1 unspecified atom stereocenters. The fourth-order valence-electron chi connectivity index (χ4n) is 4.95. The van der Waals surface area contributed by atoms with Gasteiger partial charge < -0.3 is 0 Å². The van der Waals surface area contributed by atoms with Crippen molar-refractivity contribution in [1.29, 1.82) is 0 Å². The molecule has 1 atom stereocenters. The number of allylic oxidation sites excluding steroid dienone is 8. The Morgan fingerprint density at radius 2 is 1.52 bits per heavy atom. The Kier molecular flexibility index (Phi) is 5.23. The van der Waals surface area contributed by atoms with Crippen molar-refractivity contribution >= 4 is 64.0 Å². The predicted molar refractivity (Wildman–Crippen MR) is 145 cm³/mol. The van der Waals surface area contributed by atoms with Gasteiger partial charge in [-0.25, -0.2) is 0 Å². The molecule has 0 saturated heterocycles. The maximum atomic E-state index is 2.47. The van der Waals surface area contributed by atoms with Crippen molar-refractivity contribution < 1.29 is 0 Å². The summed E-state index contributed by atoms with van der Waals surface area (Å²) in [6.45, 7) is 14.2. The molecule has 0 nitrogen and oxygen atoms in total. The summed E-state index contributed by atoms with van der Waals surface area (Å²) in [5.41, 5.74) is 5.09. The molecule has 5 rings (SSSR count). The Hall–Kier alpha value is -1.42. The molecule has 3 aromatic heterocycles. The van der Waals surface area contributed by atoms with Gasteiger partial charge in [0.1, 0.15) is 0 Å². The molecule has 0 bridgehead atoms. The smallest absolute Gasteiger partial charge is 0.0636 e. The van der Waals surface area contributed by atoms with Crippen LogP contribution in [0.3, 0.4) is 0 Å². The number of hydrogen-bond donors (Lipinski definition) is 0. The second kappa shape index (κ2) is 7.57. The van der Waals surface area contributed by atoms with Crippen LogP contribution in [0.4, 0.5) is 0 Å². The first-order chi connectivity index (χ1) is 14.6. The lowest BCUT2D eigenvalue weighted by molar-refractivity contribution is 0.304. The summed E-state index contributed by atoms with van der Waals surface area (Å²) < 4.78 is 5.93. The lowest BCUT2D eigenvalue weighted by Gasteiger charge is -2.33. The summed E-state index contributed by atoms with van der Waals surface area (Å²) in [5, 5.41) is 0. The molecule has 0 aromatic carbocycles. The van der Waals surface area contributed by atoms with Gasteiger partial charge in [-0.1, -0.05) is 71.9 Å². The highest BCUT2D eigenvalue weighted by molar-refractivity contribution is 7.39.